The third-order valence-corrected chi connectivity index (χ3v) is 7.42. The molecule has 1 fully saturated rings. The molecule has 9 nitrogen and oxygen atoms in total. The molecular weight excluding hydrogens is 608 g/mol. The average molecular weight is 641 g/mol. The van der Waals surface area contributed by atoms with Crippen LogP contribution in [0.3, 0.4) is 0 Å². The molecule has 230 valence electrons. The van der Waals surface area contributed by atoms with E-state index in [2.05, 4.69) is 25.7 Å². The summed E-state index contributed by atoms with van der Waals surface area (Å²) in [4.78, 5) is 19.0. The summed E-state index contributed by atoms with van der Waals surface area (Å²) in [5.74, 6) is 0.935. The van der Waals surface area contributed by atoms with Gasteiger partial charge in [0.15, 0.2) is 23.1 Å². The molecule has 0 bridgehead atoms. The Hall–Kier alpha value is -4.12. The van der Waals surface area contributed by atoms with E-state index in [-0.39, 0.29) is 5.75 Å². The highest BCUT2D eigenvalue weighted by Crippen LogP contribution is 2.37. The van der Waals surface area contributed by atoms with Crippen LogP contribution in [0.15, 0.2) is 65.9 Å². The summed E-state index contributed by atoms with van der Waals surface area (Å²) < 4.78 is 32.6. The summed E-state index contributed by atoms with van der Waals surface area (Å²) >= 11 is 11.9. The van der Waals surface area contributed by atoms with Crippen molar-refractivity contribution >= 4 is 52.0 Å². The number of fused-ring (bicyclic) bond motifs is 1. The van der Waals surface area contributed by atoms with Crippen LogP contribution >= 0.6 is 23.2 Å². The van der Waals surface area contributed by atoms with Crippen molar-refractivity contribution in [2.24, 2.45) is 5.10 Å². The minimum Gasteiger partial charge on any atom is -0.493 e. The number of carbonyl (C=O) groups excluding carboxylic acids is 1. The Morgan fingerprint density at radius 2 is 1.80 bits per heavy atom. The van der Waals surface area contributed by atoms with E-state index in [1.165, 1.54) is 49.7 Å². The van der Waals surface area contributed by atoms with Crippen LogP contribution in [-0.2, 0) is 0 Å². The monoisotopic (exact) mass is 639 g/mol. The number of benzene rings is 3. The van der Waals surface area contributed by atoms with E-state index in [0.717, 1.165) is 26.1 Å². The van der Waals surface area contributed by atoms with Crippen LogP contribution < -0.4 is 25.0 Å². The minimum absolute atomic E-state index is 0.00944. The Bertz CT molecular complexity index is 1630. The maximum Gasteiger partial charge on any atom is 0.339 e. The number of likely N-dealkylation sites (tertiary alicyclic amines) is 1. The lowest BCUT2D eigenvalue weighted by Crippen LogP contribution is -2.31. The third-order valence-electron chi connectivity index (χ3n) is 6.99. The first-order valence-corrected chi connectivity index (χ1v) is 15.0. The largest absolute Gasteiger partial charge is 0.493 e. The summed E-state index contributed by atoms with van der Waals surface area (Å²) in [6.45, 7) is 3.88. The van der Waals surface area contributed by atoms with Crippen molar-refractivity contribution in [1.29, 1.82) is 0 Å². The zero-order valence-electron chi connectivity index (χ0n) is 24.1. The van der Waals surface area contributed by atoms with Crippen molar-refractivity contribution in [3.63, 3.8) is 0 Å². The fourth-order valence-corrected chi connectivity index (χ4v) is 5.42. The first kappa shape index (κ1) is 31.3. The zero-order valence-corrected chi connectivity index (χ0v) is 25.6. The number of carbonyl (C=O) groups is 1. The number of nitrogens with one attached hydrogen (secondary N) is 2. The Morgan fingerprint density at radius 3 is 2.55 bits per heavy atom. The molecule has 2 amide bonds. The number of halogens is 3. The van der Waals surface area contributed by atoms with Gasteiger partial charge in [-0.3, -0.25) is 4.98 Å². The molecule has 12 heteroatoms. The Balaban J connectivity index is 1.21. The van der Waals surface area contributed by atoms with Gasteiger partial charge >= 0.3 is 6.03 Å². The second kappa shape index (κ2) is 15.1. The van der Waals surface area contributed by atoms with E-state index in [9.17, 15) is 4.79 Å². The van der Waals surface area contributed by atoms with E-state index >= 15 is 4.39 Å². The van der Waals surface area contributed by atoms with Crippen LogP contribution in [0, 0.1) is 5.82 Å². The van der Waals surface area contributed by atoms with Crippen LogP contribution in [0.25, 0.3) is 10.9 Å². The summed E-state index contributed by atoms with van der Waals surface area (Å²) in [6.07, 6.45) is 7.65. The molecule has 1 aliphatic rings. The molecule has 2 N–H and O–H groups in total. The molecule has 0 unspecified atom stereocenters. The fourth-order valence-electron chi connectivity index (χ4n) is 4.89. The van der Waals surface area contributed by atoms with Gasteiger partial charge in [0, 0.05) is 39.9 Å². The SMILES string of the molecule is COc1cc2c(Oc3ccc(/C=N/NC(=O)Nc4cc(Cl)cc(Cl)c4)cc3F)ccnc2cc1OCCCN1CCCCC1. The van der Waals surface area contributed by atoms with E-state index < -0.39 is 11.8 Å². The Kier molecular flexibility index (Phi) is 10.7. The number of aromatic nitrogens is 1. The highest BCUT2D eigenvalue weighted by atomic mass is 35.5. The number of urea groups is 1. The second-order valence-electron chi connectivity index (χ2n) is 10.2. The molecule has 1 aliphatic heterocycles. The van der Waals surface area contributed by atoms with Crippen molar-refractivity contribution in [2.45, 2.75) is 25.7 Å². The number of hydrogen-bond acceptors (Lipinski definition) is 7. The van der Waals surface area contributed by atoms with E-state index in [1.54, 1.807) is 37.6 Å². The molecule has 44 heavy (non-hydrogen) atoms. The summed E-state index contributed by atoms with van der Waals surface area (Å²) in [5.41, 5.74) is 3.74. The van der Waals surface area contributed by atoms with Crippen LogP contribution in [0.5, 0.6) is 23.0 Å². The van der Waals surface area contributed by atoms with Gasteiger partial charge in [-0.15, -0.1) is 0 Å². The van der Waals surface area contributed by atoms with E-state index in [4.69, 9.17) is 37.4 Å². The number of anilines is 1. The summed E-state index contributed by atoms with van der Waals surface area (Å²) in [5, 5.41) is 7.81. The number of ether oxygens (including phenoxy) is 3. The van der Waals surface area contributed by atoms with Gasteiger partial charge in [0.1, 0.15) is 5.75 Å². The van der Waals surface area contributed by atoms with Gasteiger partial charge in [-0.2, -0.15) is 5.10 Å². The Morgan fingerprint density at radius 1 is 1.00 bits per heavy atom. The molecule has 0 spiro atoms. The molecule has 4 aromatic rings. The van der Waals surface area contributed by atoms with Crippen molar-refractivity contribution in [2.75, 3.05) is 38.7 Å². The molecule has 3 aromatic carbocycles. The van der Waals surface area contributed by atoms with Gasteiger partial charge in [-0.25, -0.2) is 14.6 Å². The topological polar surface area (TPSA) is 97.3 Å². The molecule has 1 saturated heterocycles. The molecule has 2 heterocycles. The number of hydrogen-bond donors (Lipinski definition) is 2. The smallest absolute Gasteiger partial charge is 0.339 e. The first-order valence-electron chi connectivity index (χ1n) is 14.2. The highest BCUT2D eigenvalue weighted by molar-refractivity contribution is 6.35. The lowest BCUT2D eigenvalue weighted by molar-refractivity contribution is 0.203. The lowest BCUT2D eigenvalue weighted by Gasteiger charge is -2.26. The maximum absolute atomic E-state index is 15.0. The second-order valence-corrected chi connectivity index (χ2v) is 11.1. The first-order chi connectivity index (χ1) is 21.4. The molecule has 0 saturated carbocycles. The quantitative estimate of drug-likeness (QED) is 0.0984. The van der Waals surface area contributed by atoms with Crippen LogP contribution in [-0.4, -0.2) is 55.5 Å². The average Bonchev–Trinajstić information content (AvgIpc) is 3.00. The lowest BCUT2D eigenvalue weighted by atomic mass is 10.1. The third kappa shape index (κ3) is 8.49. The standard InChI is InChI=1S/C32H32Cl2FN5O4/c1-42-30-18-25-27(19-31(30)43-13-5-12-40-10-3-2-4-11-40)36-9-8-28(25)44-29-7-6-21(14-26(29)35)20-37-39-32(41)38-24-16-22(33)15-23(34)17-24/h6-9,14-20H,2-5,10-13H2,1H3,(H2,38,39,41)/b37-20+. The predicted octanol–water partition coefficient (Wildman–Crippen LogP) is 7.89. The molecule has 1 aromatic heterocycles. The number of nitrogens with zero attached hydrogens (tertiary/aromatic N) is 3. The number of methoxy groups -OCH3 is 1. The number of hydrazone groups is 1. The molecule has 0 atom stereocenters. The van der Waals surface area contributed by atoms with E-state index in [0.29, 0.717) is 56.1 Å². The van der Waals surface area contributed by atoms with Crippen molar-refractivity contribution in [3.8, 4) is 23.0 Å². The van der Waals surface area contributed by atoms with Gasteiger partial charge < -0.3 is 24.4 Å². The van der Waals surface area contributed by atoms with Gasteiger partial charge in [-0.05, 0) is 86.4 Å². The number of pyridine rings is 1. The zero-order chi connectivity index (χ0) is 30.9. The van der Waals surface area contributed by atoms with Crippen LogP contribution in [0.4, 0.5) is 14.9 Å². The predicted molar refractivity (Wildman–Crippen MR) is 171 cm³/mol. The van der Waals surface area contributed by atoms with Crippen molar-refractivity contribution in [1.82, 2.24) is 15.3 Å². The fraction of sp³-hybridized carbons (Fsp3) is 0.281. The highest BCUT2D eigenvalue weighted by Gasteiger charge is 2.15. The van der Waals surface area contributed by atoms with Gasteiger partial charge in [0.2, 0.25) is 0 Å². The number of piperidine rings is 1. The number of amides is 2. The Labute approximate surface area is 264 Å². The van der Waals surface area contributed by atoms with Crippen LogP contribution in [0.1, 0.15) is 31.2 Å². The minimum atomic E-state index is -0.619. The van der Waals surface area contributed by atoms with Gasteiger partial charge in [0.25, 0.3) is 0 Å². The van der Waals surface area contributed by atoms with Crippen LogP contribution in [0.2, 0.25) is 10.0 Å². The number of rotatable bonds is 11. The summed E-state index contributed by atoms with van der Waals surface area (Å²) in [7, 11) is 1.57. The van der Waals surface area contributed by atoms with Gasteiger partial charge in [0.05, 0.1) is 25.4 Å². The molecule has 5 rings (SSSR count). The van der Waals surface area contributed by atoms with Crippen molar-refractivity contribution < 1.29 is 23.4 Å². The normalized spacial score (nSPS) is 13.6. The maximum atomic E-state index is 15.0. The molecule has 0 aliphatic carbocycles. The van der Waals surface area contributed by atoms with Crippen molar-refractivity contribution in [3.05, 3.63) is 82.2 Å². The van der Waals surface area contributed by atoms with Gasteiger partial charge in [-0.1, -0.05) is 29.6 Å². The van der Waals surface area contributed by atoms with E-state index in [1.807, 2.05) is 6.07 Å². The molecule has 0 radical (unpaired) electrons. The molecular formula is C32H32Cl2FN5O4. The summed E-state index contributed by atoms with van der Waals surface area (Å²) in [6, 6.07) is 13.6.